The molecular weight excluding hydrogens is 304 g/mol. The van der Waals surface area contributed by atoms with Gasteiger partial charge in [0, 0.05) is 24.0 Å². The second-order valence-electron chi connectivity index (χ2n) is 6.28. The van der Waals surface area contributed by atoms with Gasteiger partial charge in [-0.05, 0) is 30.4 Å². The van der Waals surface area contributed by atoms with Gasteiger partial charge in [0.25, 0.3) is 0 Å². The van der Waals surface area contributed by atoms with Crippen molar-refractivity contribution in [1.82, 2.24) is 10.0 Å². The summed E-state index contributed by atoms with van der Waals surface area (Å²) in [6.07, 6.45) is 3.58. The molecule has 1 saturated carbocycles. The molecule has 6 heteroatoms. The van der Waals surface area contributed by atoms with Gasteiger partial charge in [-0.1, -0.05) is 33.6 Å². The molecule has 2 unspecified atom stereocenters. The summed E-state index contributed by atoms with van der Waals surface area (Å²) in [7, 11) is -3.35. The topological polar surface area (TPSA) is 58.2 Å². The van der Waals surface area contributed by atoms with Crippen molar-refractivity contribution in [3.05, 3.63) is 17.0 Å². The second kappa shape index (κ2) is 7.22. The monoisotopic (exact) mass is 330 g/mol. The first-order valence-electron chi connectivity index (χ1n) is 7.70. The van der Waals surface area contributed by atoms with Crippen LogP contribution in [0.3, 0.4) is 0 Å². The number of nitrogens with one attached hydrogen (secondary N) is 2. The summed E-state index contributed by atoms with van der Waals surface area (Å²) < 4.78 is 27.9. The van der Waals surface area contributed by atoms with E-state index in [1.165, 1.54) is 24.2 Å². The molecule has 1 aromatic heterocycles. The molecular formula is C15H26N2O2S2. The van der Waals surface area contributed by atoms with Crippen molar-refractivity contribution >= 4 is 21.4 Å². The van der Waals surface area contributed by atoms with E-state index in [0.29, 0.717) is 28.6 Å². The molecule has 0 radical (unpaired) electrons. The molecule has 1 heterocycles. The normalized spacial score (nSPS) is 23.0. The molecule has 2 N–H and O–H groups in total. The lowest BCUT2D eigenvalue weighted by atomic mass is 9.99. The summed E-state index contributed by atoms with van der Waals surface area (Å²) in [5.41, 5.74) is 0. The summed E-state index contributed by atoms with van der Waals surface area (Å²) in [5.74, 6) is 1.11. The maximum Gasteiger partial charge on any atom is 0.250 e. The van der Waals surface area contributed by atoms with Crippen LogP contribution in [0.2, 0.25) is 0 Å². The highest BCUT2D eigenvalue weighted by atomic mass is 32.2. The third kappa shape index (κ3) is 4.77. The fraction of sp³-hybridized carbons (Fsp3) is 0.733. The van der Waals surface area contributed by atoms with E-state index in [1.807, 2.05) is 6.07 Å². The third-order valence-electron chi connectivity index (χ3n) is 4.16. The van der Waals surface area contributed by atoms with Gasteiger partial charge in [0.1, 0.15) is 4.21 Å². The van der Waals surface area contributed by atoms with Crippen LogP contribution in [-0.2, 0) is 16.6 Å². The van der Waals surface area contributed by atoms with Gasteiger partial charge in [-0.25, -0.2) is 13.1 Å². The Bertz CT molecular complexity index is 552. The lowest BCUT2D eigenvalue weighted by Crippen LogP contribution is -2.29. The van der Waals surface area contributed by atoms with Gasteiger partial charge in [-0.2, -0.15) is 0 Å². The standard InChI is InChI=1S/C15H26N2O2S2/c1-11(2)16-10-14-7-8-15(20-14)21(18,19)17-9-13-6-4-5-12(13)3/h7-8,11-13,16-17H,4-6,9-10H2,1-3H3. The number of hydrogen-bond acceptors (Lipinski definition) is 4. The average molecular weight is 331 g/mol. The average Bonchev–Trinajstić information content (AvgIpc) is 3.03. The Morgan fingerprint density at radius 1 is 1.33 bits per heavy atom. The minimum Gasteiger partial charge on any atom is -0.310 e. The lowest BCUT2D eigenvalue weighted by Gasteiger charge is -2.15. The SMILES string of the molecule is CC(C)NCc1ccc(S(=O)(=O)NCC2CCCC2C)s1. The Hall–Kier alpha value is -0.430. The van der Waals surface area contributed by atoms with E-state index in [4.69, 9.17) is 0 Å². The number of sulfonamides is 1. The summed E-state index contributed by atoms with van der Waals surface area (Å²) in [5, 5.41) is 3.30. The Morgan fingerprint density at radius 3 is 2.71 bits per heavy atom. The highest BCUT2D eigenvalue weighted by Crippen LogP contribution is 2.31. The van der Waals surface area contributed by atoms with Crippen LogP contribution in [0.4, 0.5) is 0 Å². The van der Waals surface area contributed by atoms with Crippen molar-refractivity contribution in [2.45, 2.75) is 56.8 Å². The quantitative estimate of drug-likeness (QED) is 0.808. The first kappa shape index (κ1) is 16.9. The minimum atomic E-state index is -3.35. The third-order valence-corrected chi connectivity index (χ3v) is 7.16. The van der Waals surface area contributed by atoms with Gasteiger partial charge in [-0.15, -0.1) is 11.3 Å². The molecule has 2 atom stereocenters. The lowest BCUT2D eigenvalue weighted by molar-refractivity contribution is 0.414. The molecule has 1 fully saturated rings. The van der Waals surface area contributed by atoms with E-state index in [2.05, 4.69) is 30.8 Å². The van der Waals surface area contributed by atoms with Crippen LogP contribution >= 0.6 is 11.3 Å². The van der Waals surface area contributed by atoms with E-state index < -0.39 is 10.0 Å². The first-order chi connectivity index (χ1) is 9.88. The number of rotatable bonds is 7. The fourth-order valence-corrected chi connectivity index (χ4v) is 5.16. The summed E-state index contributed by atoms with van der Waals surface area (Å²) in [4.78, 5) is 1.05. The van der Waals surface area contributed by atoms with E-state index in [-0.39, 0.29) is 0 Å². The summed E-state index contributed by atoms with van der Waals surface area (Å²) >= 11 is 1.35. The summed E-state index contributed by atoms with van der Waals surface area (Å²) in [6.45, 7) is 7.66. The molecule has 4 nitrogen and oxygen atoms in total. The molecule has 0 amide bonds. The number of hydrogen-bond donors (Lipinski definition) is 2. The van der Waals surface area contributed by atoms with Crippen LogP contribution in [-0.4, -0.2) is 21.0 Å². The molecule has 1 aliphatic rings. The van der Waals surface area contributed by atoms with Crippen molar-refractivity contribution in [3.8, 4) is 0 Å². The Labute approximate surface area is 132 Å². The number of thiophene rings is 1. The predicted octanol–water partition coefficient (Wildman–Crippen LogP) is 2.96. The zero-order valence-corrected chi connectivity index (χ0v) is 14.7. The molecule has 1 aromatic rings. The van der Waals surface area contributed by atoms with Crippen molar-refractivity contribution in [3.63, 3.8) is 0 Å². The van der Waals surface area contributed by atoms with Crippen LogP contribution < -0.4 is 10.0 Å². The van der Waals surface area contributed by atoms with Crippen molar-refractivity contribution in [1.29, 1.82) is 0 Å². The van der Waals surface area contributed by atoms with Crippen LogP contribution in [0.5, 0.6) is 0 Å². The zero-order chi connectivity index (χ0) is 15.5. The smallest absolute Gasteiger partial charge is 0.250 e. The van der Waals surface area contributed by atoms with Crippen LogP contribution in [0.15, 0.2) is 16.3 Å². The molecule has 2 rings (SSSR count). The largest absolute Gasteiger partial charge is 0.310 e. The van der Waals surface area contributed by atoms with Gasteiger partial charge in [-0.3, -0.25) is 0 Å². The molecule has 0 saturated heterocycles. The Balaban J connectivity index is 1.92. The van der Waals surface area contributed by atoms with Crippen molar-refractivity contribution < 1.29 is 8.42 Å². The summed E-state index contributed by atoms with van der Waals surface area (Å²) in [6, 6.07) is 4.00. The highest BCUT2D eigenvalue weighted by molar-refractivity contribution is 7.91. The van der Waals surface area contributed by atoms with Gasteiger partial charge in [0.05, 0.1) is 0 Å². The van der Waals surface area contributed by atoms with Gasteiger partial charge in [0.2, 0.25) is 10.0 Å². The molecule has 0 aromatic carbocycles. The van der Waals surface area contributed by atoms with Crippen LogP contribution in [0.1, 0.15) is 44.9 Å². The van der Waals surface area contributed by atoms with Crippen LogP contribution in [0, 0.1) is 11.8 Å². The molecule has 21 heavy (non-hydrogen) atoms. The molecule has 120 valence electrons. The van der Waals surface area contributed by atoms with E-state index in [1.54, 1.807) is 6.07 Å². The van der Waals surface area contributed by atoms with Crippen molar-refractivity contribution in [2.24, 2.45) is 11.8 Å². The van der Waals surface area contributed by atoms with Gasteiger partial charge in [0.15, 0.2) is 0 Å². The minimum absolute atomic E-state index is 0.397. The maximum atomic E-state index is 12.3. The fourth-order valence-electron chi connectivity index (χ4n) is 2.72. The van der Waals surface area contributed by atoms with Crippen LogP contribution in [0.25, 0.3) is 0 Å². The molecule has 1 aliphatic carbocycles. The first-order valence-corrected chi connectivity index (χ1v) is 10.00. The maximum absolute atomic E-state index is 12.3. The van der Waals surface area contributed by atoms with Crippen molar-refractivity contribution in [2.75, 3.05) is 6.54 Å². The van der Waals surface area contributed by atoms with Gasteiger partial charge < -0.3 is 5.32 Å². The molecule has 0 bridgehead atoms. The second-order valence-corrected chi connectivity index (χ2v) is 9.44. The Morgan fingerprint density at radius 2 is 2.10 bits per heavy atom. The van der Waals surface area contributed by atoms with E-state index in [0.717, 1.165) is 17.8 Å². The highest BCUT2D eigenvalue weighted by Gasteiger charge is 2.25. The molecule has 0 spiro atoms. The zero-order valence-electron chi connectivity index (χ0n) is 13.1. The molecule has 0 aliphatic heterocycles. The van der Waals surface area contributed by atoms with E-state index >= 15 is 0 Å². The van der Waals surface area contributed by atoms with E-state index in [9.17, 15) is 8.42 Å². The Kier molecular flexibility index (Phi) is 5.82. The van der Waals surface area contributed by atoms with Gasteiger partial charge >= 0.3 is 0 Å². The predicted molar refractivity (Wildman–Crippen MR) is 88.0 cm³/mol.